The molecule has 0 atom stereocenters. The van der Waals surface area contributed by atoms with Gasteiger partial charge in [0, 0.05) is 44.6 Å². The van der Waals surface area contributed by atoms with Gasteiger partial charge in [0.1, 0.15) is 58.1 Å². The molecule has 0 aromatic heterocycles. The van der Waals surface area contributed by atoms with E-state index in [2.05, 4.69) is 60.6 Å². The van der Waals surface area contributed by atoms with Crippen molar-refractivity contribution in [1.29, 1.82) is 0 Å². The first-order valence-electron chi connectivity index (χ1n) is 26.7. The van der Waals surface area contributed by atoms with Crippen molar-refractivity contribution in [2.24, 2.45) is 40.9 Å². The van der Waals surface area contributed by atoms with Gasteiger partial charge in [-0.3, -0.25) is 13.7 Å². The van der Waals surface area contributed by atoms with Crippen molar-refractivity contribution in [2.75, 3.05) is 31.7 Å². The molecule has 0 bridgehead atoms. The number of phenolic OH excluding ortho intramolecular Hbond substituents is 3. The molecule has 0 radical (unpaired) electrons. The molecule has 486 valence electrons. The molecule has 0 aliphatic heterocycles. The Bertz CT molecular complexity index is 5140. The van der Waals surface area contributed by atoms with Crippen LogP contribution in [0.4, 0.5) is 56.9 Å². The van der Waals surface area contributed by atoms with E-state index in [1.807, 2.05) is 0 Å². The average molecular weight is 1380 g/mol. The standard InChI is InChI=1S/C58H47N9O22S5/c1-29-17-47(51(85-15-13-69)27-44(29)61-60-43-5-3-4-31-6-9-38(25-42(31)43)92(75,76)77)64-67-56-53(94(81,82)83)23-33-19-36(8-11-41(33)58(56)72)59-35-7-10-40-32(18-35)22-52(91-89-87-74)55(57(40)71)66-63-46-16-30(2)45(28-50(46)84-14-12-68)62-65-48-26-39(93(78,79)80)21-34-20-37(90-88-86-73)24-49(70)54(34)48/h3-11,16-28,59,68-74H,12-15H2,1-2H3,(H,75,76,77)(H,78,79,80)(H,81,82,83). The van der Waals surface area contributed by atoms with Crippen LogP contribution in [0, 0.1) is 13.8 Å². The number of nitrogens with zero attached hydrogens (tertiary/aromatic N) is 8. The van der Waals surface area contributed by atoms with Gasteiger partial charge in [-0.1, -0.05) is 28.3 Å². The number of rotatable bonds is 25. The summed E-state index contributed by atoms with van der Waals surface area (Å²) in [6.07, 6.45) is 0. The summed E-state index contributed by atoms with van der Waals surface area (Å²) in [6, 6.07) is 30.9. The number of aliphatic hydroxyl groups excluding tert-OH is 2. The number of hydrogen-bond acceptors (Lipinski definition) is 30. The number of aliphatic hydroxyl groups is 2. The first-order chi connectivity index (χ1) is 44.8. The highest BCUT2D eigenvalue weighted by atomic mass is 32.2. The van der Waals surface area contributed by atoms with E-state index in [4.69, 9.17) is 24.3 Å². The predicted molar refractivity (Wildman–Crippen MR) is 339 cm³/mol. The van der Waals surface area contributed by atoms with Crippen molar-refractivity contribution < 1.29 is 103 Å². The molecule has 10 aromatic carbocycles. The van der Waals surface area contributed by atoms with Crippen LogP contribution in [0.2, 0.25) is 0 Å². The summed E-state index contributed by atoms with van der Waals surface area (Å²) in [7, 11) is -14.5. The van der Waals surface area contributed by atoms with Gasteiger partial charge in [-0.2, -0.15) is 35.5 Å². The van der Waals surface area contributed by atoms with Crippen LogP contribution in [0.1, 0.15) is 11.1 Å². The van der Waals surface area contributed by atoms with Crippen LogP contribution < -0.4 is 14.8 Å². The topological polar surface area (TPSA) is 471 Å². The van der Waals surface area contributed by atoms with E-state index in [-0.39, 0.29) is 106 Å². The third kappa shape index (κ3) is 15.3. The van der Waals surface area contributed by atoms with Gasteiger partial charge in [-0.25, -0.2) is 10.5 Å². The molecule has 36 heteroatoms. The van der Waals surface area contributed by atoms with E-state index < -0.39 is 76.3 Å². The number of hydrogen-bond donors (Lipinski definition) is 11. The fourth-order valence-corrected chi connectivity index (χ4v) is 12.1. The molecule has 0 saturated heterocycles. The zero-order chi connectivity index (χ0) is 67.2. The highest BCUT2D eigenvalue weighted by molar-refractivity contribution is 7.95. The zero-order valence-corrected chi connectivity index (χ0v) is 52.1. The molecule has 0 amide bonds. The van der Waals surface area contributed by atoms with Gasteiger partial charge in [0.05, 0.1) is 80.1 Å². The van der Waals surface area contributed by atoms with Gasteiger partial charge in [0.2, 0.25) is 0 Å². The van der Waals surface area contributed by atoms with E-state index in [1.54, 1.807) is 44.2 Å². The second kappa shape index (κ2) is 28.4. The van der Waals surface area contributed by atoms with E-state index >= 15 is 0 Å². The summed E-state index contributed by atoms with van der Waals surface area (Å²) >= 11 is 0.906. The van der Waals surface area contributed by atoms with Crippen LogP contribution in [0.5, 0.6) is 28.7 Å². The lowest BCUT2D eigenvalue weighted by molar-refractivity contribution is -0.432. The molecule has 94 heavy (non-hydrogen) atoms. The monoisotopic (exact) mass is 1380 g/mol. The molecule has 11 N–H and O–H groups in total. The molecule has 0 spiro atoms. The molecule has 0 fully saturated rings. The van der Waals surface area contributed by atoms with E-state index in [1.165, 1.54) is 84.9 Å². The summed E-state index contributed by atoms with van der Waals surface area (Å²) in [6.45, 7) is 1.85. The van der Waals surface area contributed by atoms with Crippen molar-refractivity contribution >= 4 is 154 Å². The Morgan fingerprint density at radius 1 is 0.457 bits per heavy atom. The Hall–Kier alpha value is -9.45. The van der Waals surface area contributed by atoms with E-state index in [0.29, 0.717) is 62.7 Å². The Labute approximate surface area is 538 Å². The molecular formula is C58H47N9O22S5. The molecule has 0 saturated carbocycles. The second-order valence-electron chi connectivity index (χ2n) is 19.8. The van der Waals surface area contributed by atoms with E-state index in [0.717, 1.165) is 18.2 Å². The van der Waals surface area contributed by atoms with Gasteiger partial charge >= 0.3 is 0 Å². The Morgan fingerprint density at radius 3 is 1.57 bits per heavy atom. The normalized spacial score (nSPS) is 12.5. The second-order valence-corrected chi connectivity index (χ2v) is 25.6. The van der Waals surface area contributed by atoms with Crippen molar-refractivity contribution in [3.05, 3.63) is 145 Å². The van der Waals surface area contributed by atoms with E-state index in [9.17, 15) is 64.4 Å². The lowest BCUT2D eigenvalue weighted by Crippen LogP contribution is -2.02. The van der Waals surface area contributed by atoms with Crippen LogP contribution in [0.25, 0.3) is 43.1 Å². The van der Waals surface area contributed by atoms with Crippen LogP contribution >= 0.6 is 24.1 Å². The molecular weight excluding hydrogens is 1340 g/mol. The third-order valence-electron chi connectivity index (χ3n) is 13.7. The molecule has 31 nitrogen and oxygen atoms in total. The highest BCUT2D eigenvalue weighted by Gasteiger charge is 2.25. The van der Waals surface area contributed by atoms with Crippen molar-refractivity contribution in [3.63, 3.8) is 0 Å². The molecule has 0 unspecified atom stereocenters. The number of azo groups is 4. The maximum Gasteiger partial charge on any atom is 0.296 e. The predicted octanol–water partition coefficient (Wildman–Crippen LogP) is 14.8. The summed E-state index contributed by atoms with van der Waals surface area (Å²) in [5.74, 6) is -1.58. The van der Waals surface area contributed by atoms with Crippen LogP contribution in [-0.2, 0) is 49.1 Å². The Kier molecular flexibility index (Phi) is 20.4. The number of anilines is 2. The van der Waals surface area contributed by atoms with Gasteiger partial charge < -0.3 is 40.3 Å². The van der Waals surface area contributed by atoms with Crippen molar-refractivity contribution in [3.8, 4) is 28.7 Å². The first-order valence-corrected chi connectivity index (χ1v) is 32.5. The minimum atomic E-state index is -5.13. The van der Waals surface area contributed by atoms with Crippen molar-refractivity contribution in [1.82, 2.24) is 0 Å². The number of fused-ring (bicyclic) bond motifs is 4. The maximum atomic E-state index is 13.0. The van der Waals surface area contributed by atoms with Crippen LogP contribution in [0.3, 0.4) is 0 Å². The minimum Gasteiger partial charge on any atom is -0.507 e. The molecule has 10 aromatic rings. The first kappa shape index (κ1) is 67.4. The highest BCUT2D eigenvalue weighted by Crippen LogP contribution is 2.48. The maximum absolute atomic E-state index is 13.0. The number of aryl methyl sites for hydroxylation is 2. The van der Waals surface area contributed by atoms with Gasteiger partial charge in [-0.05, 0) is 150 Å². The number of ether oxygens (including phenoxy) is 2. The van der Waals surface area contributed by atoms with Gasteiger partial charge in [0.15, 0.2) is 11.5 Å². The minimum absolute atomic E-state index is 0.00883. The lowest BCUT2D eigenvalue weighted by Gasteiger charge is -2.14. The fraction of sp³-hybridized carbons (Fsp3) is 0.103. The van der Waals surface area contributed by atoms with Crippen LogP contribution in [-0.4, -0.2) is 101 Å². The quantitative estimate of drug-likeness (QED) is 0.00832. The van der Waals surface area contributed by atoms with Gasteiger partial charge in [-0.15, -0.1) is 39.4 Å². The largest absolute Gasteiger partial charge is 0.507 e. The SMILES string of the molecule is Cc1cc(N=Nc2c(S(=O)(=O)O)cc3cc(Nc4ccc5c(O)c(N=Nc6cc(C)c(N=Nc7cc(S(=O)(=O)O)cc8cc(SOOO)cc(O)c78)cc6OCCO)c(SOOO)cc5c4)ccc3c2O)c(OCCO)cc1N=Nc1cccc2ccc(S(=O)(=O)O)cc12. The molecule has 10 rings (SSSR count). The number of nitrogens with one attached hydrogen (secondary N) is 1. The third-order valence-corrected chi connectivity index (χ3v) is 17.4. The number of aromatic hydroxyl groups is 3. The molecule has 0 aliphatic rings. The molecule has 0 heterocycles. The summed E-state index contributed by atoms with van der Waals surface area (Å²) in [4.78, 5) is -1.59. The summed E-state index contributed by atoms with van der Waals surface area (Å²) < 4.78 is 125. The number of phenols is 3. The van der Waals surface area contributed by atoms with Gasteiger partial charge in [0.25, 0.3) is 30.4 Å². The fourth-order valence-electron chi connectivity index (χ4n) is 9.42. The smallest absolute Gasteiger partial charge is 0.296 e. The Balaban J connectivity index is 0.927. The average Bonchev–Trinajstić information content (AvgIpc) is 0.782. The zero-order valence-electron chi connectivity index (χ0n) is 48.0. The molecule has 0 aliphatic carbocycles. The lowest BCUT2D eigenvalue weighted by atomic mass is 10.1. The summed E-state index contributed by atoms with van der Waals surface area (Å²) in [5, 5.41) is 118. The Morgan fingerprint density at radius 2 is 1.00 bits per heavy atom. The summed E-state index contributed by atoms with van der Waals surface area (Å²) in [5.41, 5.74) is 1.09. The van der Waals surface area contributed by atoms with Crippen LogP contribution in [0.15, 0.2) is 199 Å². The van der Waals surface area contributed by atoms with Crippen molar-refractivity contribution in [2.45, 2.75) is 38.3 Å². The number of benzene rings is 10.